The lowest BCUT2D eigenvalue weighted by Gasteiger charge is -2.34. The summed E-state index contributed by atoms with van der Waals surface area (Å²) in [6, 6.07) is 0. The van der Waals surface area contributed by atoms with E-state index < -0.39 is 0 Å². The van der Waals surface area contributed by atoms with Crippen LogP contribution in [0.25, 0.3) is 0 Å². The molecule has 0 amide bonds. The number of carbonyl (C=O) groups is 1. The molecule has 1 nitrogen and oxygen atoms in total. The van der Waals surface area contributed by atoms with Crippen LogP contribution < -0.4 is 0 Å². The van der Waals surface area contributed by atoms with Crippen molar-refractivity contribution >= 4 is 17.4 Å². The van der Waals surface area contributed by atoms with Crippen molar-refractivity contribution < 1.29 is 4.79 Å². The van der Waals surface area contributed by atoms with Gasteiger partial charge >= 0.3 is 0 Å². The largest absolute Gasteiger partial charge is 0.295 e. The smallest absolute Gasteiger partial charge is 0.159 e. The molecular weight excluding hydrogens is 244 g/mol. The van der Waals surface area contributed by atoms with Crippen molar-refractivity contribution in [2.75, 3.05) is 0 Å². The first kappa shape index (κ1) is 14.1. The lowest BCUT2D eigenvalue weighted by molar-refractivity contribution is -0.122. The molecule has 2 aliphatic carbocycles. The van der Waals surface area contributed by atoms with Gasteiger partial charge in [0, 0.05) is 11.5 Å². The predicted octanol–water partition coefficient (Wildman–Crippen LogP) is 5.08. The number of halogens is 1. The Balaban J connectivity index is 1.53. The molecule has 0 saturated heterocycles. The van der Waals surface area contributed by atoms with E-state index in [0.29, 0.717) is 0 Å². The zero-order valence-electron chi connectivity index (χ0n) is 11.2. The Labute approximate surface area is 116 Å². The zero-order valence-corrected chi connectivity index (χ0v) is 12.0. The lowest BCUT2D eigenvalue weighted by atomic mass is 9.70. The SMILES string of the molecule is O=C(/C=C/Cl)C1CC(CCCC2CCCCC2)C1. The molecule has 2 fully saturated rings. The molecule has 0 aromatic heterocycles. The van der Waals surface area contributed by atoms with Crippen LogP contribution >= 0.6 is 11.6 Å². The first-order chi connectivity index (χ1) is 8.79. The molecule has 2 rings (SSSR count). The highest BCUT2D eigenvalue weighted by Crippen LogP contribution is 2.39. The highest BCUT2D eigenvalue weighted by Gasteiger charge is 2.32. The molecule has 2 heteroatoms. The Morgan fingerprint density at radius 2 is 1.72 bits per heavy atom. The van der Waals surface area contributed by atoms with E-state index >= 15 is 0 Å². The number of hydrogen-bond acceptors (Lipinski definition) is 1. The van der Waals surface area contributed by atoms with Crippen molar-refractivity contribution in [2.45, 2.75) is 64.2 Å². The van der Waals surface area contributed by atoms with Crippen LogP contribution in [0.5, 0.6) is 0 Å². The molecule has 102 valence electrons. The van der Waals surface area contributed by atoms with Crippen LogP contribution in [-0.2, 0) is 4.79 Å². The molecule has 18 heavy (non-hydrogen) atoms. The second kappa shape index (κ2) is 7.33. The highest BCUT2D eigenvalue weighted by molar-refractivity contribution is 6.26. The van der Waals surface area contributed by atoms with Gasteiger partial charge in [-0.3, -0.25) is 4.79 Å². The predicted molar refractivity (Wildman–Crippen MR) is 76.6 cm³/mol. The maximum Gasteiger partial charge on any atom is 0.159 e. The summed E-state index contributed by atoms with van der Waals surface area (Å²) in [6.45, 7) is 0. The second-order valence-corrected chi connectivity index (χ2v) is 6.42. The third-order valence-electron chi connectivity index (χ3n) is 4.81. The number of ketones is 1. The minimum Gasteiger partial charge on any atom is -0.295 e. The molecule has 0 spiro atoms. The first-order valence-electron chi connectivity index (χ1n) is 7.60. The third kappa shape index (κ3) is 4.12. The van der Waals surface area contributed by atoms with Crippen LogP contribution in [0.1, 0.15) is 64.2 Å². The van der Waals surface area contributed by atoms with Gasteiger partial charge in [-0.15, -0.1) is 0 Å². The summed E-state index contributed by atoms with van der Waals surface area (Å²) in [7, 11) is 0. The number of carbonyl (C=O) groups excluding carboxylic acids is 1. The van der Waals surface area contributed by atoms with E-state index in [0.717, 1.165) is 24.7 Å². The molecule has 0 aliphatic heterocycles. The van der Waals surface area contributed by atoms with Gasteiger partial charge in [0.15, 0.2) is 5.78 Å². The molecular formula is C16H25ClO. The Morgan fingerprint density at radius 3 is 2.39 bits per heavy atom. The van der Waals surface area contributed by atoms with Gasteiger partial charge in [0.2, 0.25) is 0 Å². The standard InChI is InChI=1S/C16H25ClO/c17-10-9-16(18)15-11-14(12-15)8-4-7-13-5-2-1-3-6-13/h9-10,13-15H,1-8,11-12H2/b10-9+. The Morgan fingerprint density at radius 1 is 1.06 bits per heavy atom. The van der Waals surface area contributed by atoms with Crippen molar-refractivity contribution in [2.24, 2.45) is 17.8 Å². The minimum atomic E-state index is 0.230. The zero-order chi connectivity index (χ0) is 12.8. The second-order valence-electron chi connectivity index (χ2n) is 6.16. The first-order valence-corrected chi connectivity index (χ1v) is 8.04. The normalized spacial score (nSPS) is 29.4. The fourth-order valence-corrected chi connectivity index (χ4v) is 3.70. The van der Waals surface area contributed by atoms with Crippen molar-refractivity contribution in [3.05, 3.63) is 11.6 Å². The summed E-state index contributed by atoms with van der Waals surface area (Å²) in [5, 5.41) is 0. The van der Waals surface area contributed by atoms with Crippen molar-refractivity contribution in [3.63, 3.8) is 0 Å². The topological polar surface area (TPSA) is 17.1 Å². The molecule has 0 aromatic rings. The van der Waals surface area contributed by atoms with E-state index in [9.17, 15) is 4.79 Å². The average molecular weight is 269 g/mol. The Kier molecular flexibility index (Phi) is 5.75. The van der Waals surface area contributed by atoms with Crippen LogP contribution in [-0.4, -0.2) is 5.78 Å². The summed E-state index contributed by atoms with van der Waals surface area (Å²) in [4.78, 5) is 11.5. The summed E-state index contributed by atoms with van der Waals surface area (Å²) in [5.41, 5.74) is 1.35. The molecule has 0 unspecified atom stereocenters. The van der Waals surface area contributed by atoms with Crippen LogP contribution in [0.4, 0.5) is 0 Å². The summed E-state index contributed by atoms with van der Waals surface area (Å²) >= 11 is 5.43. The molecule has 0 heterocycles. The maximum atomic E-state index is 11.5. The van der Waals surface area contributed by atoms with Crippen molar-refractivity contribution in [1.82, 2.24) is 0 Å². The van der Waals surface area contributed by atoms with Crippen LogP contribution in [0.15, 0.2) is 11.6 Å². The maximum absolute atomic E-state index is 11.5. The van der Waals surface area contributed by atoms with E-state index in [2.05, 4.69) is 0 Å². The average Bonchev–Trinajstić information content (AvgIpc) is 2.33. The highest BCUT2D eigenvalue weighted by atomic mass is 35.5. The minimum absolute atomic E-state index is 0.230. The van der Waals surface area contributed by atoms with E-state index in [1.807, 2.05) is 0 Å². The van der Waals surface area contributed by atoms with Crippen LogP contribution in [0.2, 0.25) is 0 Å². The summed E-state index contributed by atoms with van der Waals surface area (Å²) in [6.07, 6.45) is 15.2. The molecule has 0 atom stereocenters. The number of allylic oxidation sites excluding steroid dienone is 1. The van der Waals surface area contributed by atoms with Crippen molar-refractivity contribution in [3.8, 4) is 0 Å². The monoisotopic (exact) mass is 268 g/mol. The van der Waals surface area contributed by atoms with Gasteiger partial charge in [0.1, 0.15) is 0 Å². The van der Waals surface area contributed by atoms with Crippen LogP contribution in [0, 0.1) is 17.8 Å². The van der Waals surface area contributed by atoms with Gasteiger partial charge in [-0.2, -0.15) is 0 Å². The molecule has 0 radical (unpaired) electrons. The van der Waals surface area contributed by atoms with Gasteiger partial charge in [0.05, 0.1) is 0 Å². The summed E-state index contributed by atoms with van der Waals surface area (Å²) in [5.74, 6) is 2.33. The molecule has 2 saturated carbocycles. The third-order valence-corrected chi connectivity index (χ3v) is 4.94. The van der Waals surface area contributed by atoms with E-state index in [-0.39, 0.29) is 11.7 Å². The van der Waals surface area contributed by atoms with Crippen LogP contribution in [0.3, 0.4) is 0 Å². The van der Waals surface area contributed by atoms with E-state index in [4.69, 9.17) is 11.6 Å². The molecule has 0 bridgehead atoms. The van der Waals surface area contributed by atoms with E-state index in [1.165, 1.54) is 63.0 Å². The quantitative estimate of drug-likeness (QED) is 0.614. The molecule has 2 aliphatic rings. The van der Waals surface area contributed by atoms with Gasteiger partial charge in [-0.05, 0) is 30.8 Å². The number of hydrogen-bond donors (Lipinski definition) is 0. The van der Waals surface area contributed by atoms with Gasteiger partial charge in [-0.25, -0.2) is 0 Å². The van der Waals surface area contributed by atoms with Gasteiger partial charge in [0.25, 0.3) is 0 Å². The lowest BCUT2D eigenvalue weighted by Crippen LogP contribution is -2.29. The van der Waals surface area contributed by atoms with Gasteiger partial charge in [-0.1, -0.05) is 63.0 Å². The number of rotatable bonds is 6. The Hall–Kier alpha value is -0.300. The molecule has 0 N–H and O–H groups in total. The molecule has 0 aromatic carbocycles. The Bertz CT molecular complexity index is 285. The van der Waals surface area contributed by atoms with Gasteiger partial charge < -0.3 is 0 Å². The summed E-state index contributed by atoms with van der Waals surface area (Å²) < 4.78 is 0. The van der Waals surface area contributed by atoms with Crippen molar-refractivity contribution in [1.29, 1.82) is 0 Å². The fraction of sp³-hybridized carbons (Fsp3) is 0.812. The fourth-order valence-electron chi connectivity index (χ4n) is 3.57. The van der Waals surface area contributed by atoms with E-state index in [1.54, 1.807) is 0 Å².